The molecule has 1 aromatic rings. The number of halogens is 1. The zero-order valence-corrected chi connectivity index (χ0v) is 8.16. The Morgan fingerprint density at radius 2 is 2.00 bits per heavy atom. The highest BCUT2D eigenvalue weighted by atomic mass is 35.5. The van der Waals surface area contributed by atoms with Crippen molar-refractivity contribution in [3.8, 4) is 11.5 Å². The van der Waals surface area contributed by atoms with Crippen molar-refractivity contribution in [2.75, 3.05) is 13.2 Å². The van der Waals surface area contributed by atoms with E-state index < -0.39 is 0 Å². The van der Waals surface area contributed by atoms with Crippen molar-refractivity contribution in [2.45, 2.75) is 12.2 Å². The van der Waals surface area contributed by atoms with E-state index in [9.17, 15) is 0 Å². The van der Waals surface area contributed by atoms with Crippen molar-refractivity contribution in [1.29, 1.82) is 0 Å². The third kappa shape index (κ3) is 1.42. The molecule has 2 aliphatic rings. The molecule has 3 nitrogen and oxygen atoms in total. The molecule has 1 fully saturated rings. The molecule has 2 unspecified atom stereocenters. The quantitative estimate of drug-likeness (QED) is 0.666. The van der Waals surface area contributed by atoms with Crippen LogP contribution in [0.2, 0.25) is 5.02 Å². The number of fused-ring (bicyclic) bond motifs is 1. The molecule has 74 valence electrons. The van der Waals surface area contributed by atoms with Gasteiger partial charge in [0.05, 0.1) is 6.61 Å². The molecule has 0 radical (unpaired) electrons. The monoisotopic (exact) mass is 212 g/mol. The molecule has 0 aliphatic carbocycles. The van der Waals surface area contributed by atoms with Gasteiger partial charge in [-0.3, -0.25) is 0 Å². The summed E-state index contributed by atoms with van der Waals surface area (Å²) in [7, 11) is 0. The smallest absolute Gasteiger partial charge is 0.162 e. The van der Waals surface area contributed by atoms with Gasteiger partial charge in [-0.15, -0.1) is 0 Å². The number of ether oxygens (including phenoxy) is 3. The SMILES string of the molecule is Clc1ccc2c(c1)OCC(C1CO1)O2. The fraction of sp³-hybridized carbons (Fsp3) is 0.400. The molecule has 3 rings (SSSR count). The van der Waals surface area contributed by atoms with Gasteiger partial charge < -0.3 is 14.2 Å². The molecule has 2 heterocycles. The minimum absolute atomic E-state index is 0.0312. The number of benzene rings is 1. The molecule has 0 spiro atoms. The van der Waals surface area contributed by atoms with Crippen LogP contribution in [0.15, 0.2) is 18.2 Å². The molecule has 0 bridgehead atoms. The van der Waals surface area contributed by atoms with E-state index in [0.29, 0.717) is 11.6 Å². The van der Waals surface area contributed by atoms with Crippen LogP contribution < -0.4 is 9.47 Å². The van der Waals surface area contributed by atoms with Crippen LogP contribution in [0.3, 0.4) is 0 Å². The van der Waals surface area contributed by atoms with Crippen LogP contribution in [0.1, 0.15) is 0 Å². The van der Waals surface area contributed by atoms with Gasteiger partial charge in [0.1, 0.15) is 12.7 Å². The van der Waals surface area contributed by atoms with E-state index in [0.717, 1.165) is 18.1 Å². The maximum absolute atomic E-state index is 5.83. The predicted octanol–water partition coefficient (Wildman–Crippen LogP) is 1.88. The van der Waals surface area contributed by atoms with Crippen molar-refractivity contribution >= 4 is 11.6 Å². The lowest BCUT2D eigenvalue weighted by Gasteiger charge is -2.25. The van der Waals surface area contributed by atoms with E-state index in [-0.39, 0.29) is 12.2 Å². The molecule has 0 N–H and O–H groups in total. The first-order valence-corrected chi connectivity index (χ1v) is 4.91. The highest BCUT2D eigenvalue weighted by Gasteiger charge is 2.37. The van der Waals surface area contributed by atoms with Gasteiger partial charge in [0, 0.05) is 11.1 Å². The number of hydrogen-bond donors (Lipinski definition) is 0. The Bertz CT molecular complexity index is 362. The van der Waals surface area contributed by atoms with E-state index in [1.807, 2.05) is 6.07 Å². The summed E-state index contributed by atoms with van der Waals surface area (Å²) < 4.78 is 16.4. The highest BCUT2D eigenvalue weighted by molar-refractivity contribution is 6.30. The van der Waals surface area contributed by atoms with Gasteiger partial charge in [-0.05, 0) is 12.1 Å². The van der Waals surface area contributed by atoms with Gasteiger partial charge in [0.2, 0.25) is 0 Å². The Kier molecular flexibility index (Phi) is 1.82. The minimum atomic E-state index is 0.0312. The van der Waals surface area contributed by atoms with Crippen LogP contribution in [0, 0.1) is 0 Å². The Balaban J connectivity index is 1.86. The minimum Gasteiger partial charge on any atom is -0.486 e. The second-order valence-electron chi connectivity index (χ2n) is 3.43. The topological polar surface area (TPSA) is 31.0 Å². The summed E-state index contributed by atoms with van der Waals surface area (Å²) in [5.41, 5.74) is 0. The molecular weight excluding hydrogens is 204 g/mol. The zero-order valence-electron chi connectivity index (χ0n) is 7.40. The van der Waals surface area contributed by atoms with Crippen LogP contribution in [-0.4, -0.2) is 25.4 Å². The lowest BCUT2D eigenvalue weighted by Crippen LogP contribution is -2.33. The Hall–Kier alpha value is -0.930. The summed E-state index contributed by atoms with van der Waals surface area (Å²) in [5.74, 6) is 1.47. The Morgan fingerprint density at radius 1 is 1.14 bits per heavy atom. The van der Waals surface area contributed by atoms with E-state index in [1.165, 1.54) is 0 Å². The lowest BCUT2D eigenvalue weighted by atomic mass is 10.2. The molecular formula is C10H9ClO3. The Labute approximate surface area is 86.5 Å². The highest BCUT2D eigenvalue weighted by Crippen LogP contribution is 2.36. The zero-order chi connectivity index (χ0) is 9.54. The van der Waals surface area contributed by atoms with Gasteiger partial charge in [0.25, 0.3) is 0 Å². The first-order chi connectivity index (χ1) is 6.83. The molecule has 0 saturated carbocycles. The van der Waals surface area contributed by atoms with Gasteiger partial charge in [-0.1, -0.05) is 11.6 Å². The number of epoxide rings is 1. The van der Waals surface area contributed by atoms with Crippen LogP contribution in [0.4, 0.5) is 0 Å². The average molecular weight is 213 g/mol. The number of hydrogen-bond acceptors (Lipinski definition) is 3. The summed E-state index contributed by atoms with van der Waals surface area (Å²) in [5, 5.41) is 0.661. The van der Waals surface area contributed by atoms with Crippen molar-refractivity contribution in [3.63, 3.8) is 0 Å². The normalized spacial score (nSPS) is 28.6. The summed E-state index contributed by atoms with van der Waals surface area (Å²) in [6.45, 7) is 1.31. The largest absolute Gasteiger partial charge is 0.486 e. The molecule has 0 aromatic heterocycles. The third-order valence-corrected chi connectivity index (χ3v) is 2.60. The average Bonchev–Trinajstić information content (AvgIpc) is 3.00. The van der Waals surface area contributed by atoms with Gasteiger partial charge in [-0.25, -0.2) is 0 Å². The summed E-state index contributed by atoms with van der Waals surface area (Å²) >= 11 is 5.83. The molecule has 2 aliphatic heterocycles. The van der Waals surface area contributed by atoms with Crippen LogP contribution >= 0.6 is 11.6 Å². The van der Waals surface area contributed by atoms with Crippen molar-refractivity contribution in [1.82, 2.24) is 0 Å². The maximum Gasteiger partial charge on any atom is 0.162 e. The molecule has 0 amide bonds. The summed E-state index contributed by atoms with van der Waals surface area (Å²) in [6.07, 6.45) is 0.238. The third-order valence-electron chi connectivity index (χ3n) is 2.36. The first-order valence-electron chi connectivity index (χ1n) is 4.53. The number of rotatable bonds is 1. The van der Waals surface area contributed by atoms with Crippen LogP contribution in [-0.2, 0) is 4.74 Å². The van der Waals surface area contributed by atoms with Crippen molar-refractivity contribution < 1.29 is 14.2 Å². The van der Waals surface area contributed by atoms with E-state index in [1.54, 1.807) is 12.1 Å². The lowest BCUT2D eigenvalue weighted by molar-refractivity contribution is 0.0690. The standard InChI is InChI=1S/C10H9ClO3/c11-6-1-2-7-8(3-6)12-5-10(14-7)9-4-13-9/h1-3,9-10H,4-5H2. The van der Waals surface area contributed by atoms with E-state index in [4.69, 9.17) is 25.8 Å². The fourth-order valence-corrected chi connectivity index (χ4v) is 1.68. The molecule has 4 heteroatoms. The van der Waals surface area contributed by atoms with Gasteiger partial charge in [0.15, 0.2) is 17.6 Å². The van der Waals surface area contributed by atoms with Crippen molar-refractivity contribution in [3.05, 3.63) is 23.2 Å². The first kappa shape index (κ1) is 8.38. The van der Waals surface area contributed by atoms with Crippen LogP contribution in [0.25, 0.3) is 0 Å². The van der Waals surface area contributed by atoms with Crippen LogP contribution in [0.5, 0.6) is 11.5 Å². The van der Waals surface area contributed by atoms with E-state index >= 15 is 0 Å². The molecule has 1 saturated heterocycles. The van der Waals surface area contributed by atoms with Gasteiger partial charge in [-0.2, -0.15) is 0 Å². The van der Waals surface area contributed by atoms with Crippen molar-refractivity contribution in [2.24, 2.45) is 0 Å². The summed E-state index contributed by atoms with van der Waals surface area (Å²) in [6, 6.07) is 5.38. The second kappa shape index (κ2) is 3.04. The second-order valence-corrected chi connectivity index (χ2v) is 3.87. The molecule has 1 aromatic carbocycles. The molecule has 2 atom stereocenters. The van der Waals surface area contributed by atoms with E-state index in [2.05, 4.69) is 0 Å². The maximum atomic E-state index is 5.83. The fourth-order valence-electron chi connectivity index (χ4n) is 1.51. The summed E-state index contributed by atoms with van der Waals surface area (Å²) in [4.78, 5) is 0. The predicted molar refractivity (Wildman–Crippen MR) is 51.1 cm³/mol. The van der Waals surface area contributed by atoms with Gasteiger partial charge >= 0.3 is 0 Å². The molecule has 14 heavy (non-hydrogen) atoms. The Morgan fingerprint density at radius 3 is 2.79 bits per heavy atom.